The number of furan rings is 1. The van der Waals surface area contributed by atoms with Crippen LogP contribution in [0.4, 0.5) is 17.1 Å². The smallest absolute Gasteiger partial charge is 0.227 e. The highest BCUT2D eigenvalue weighted by atomic mass is 16.3. The molecule has 9 aromatic rings. The van der Waals surface area contributed by atoms with Gasteiger partial charge in [0.1, 0.15) is 5.58 Å². The topological polar surface area (TPSA) is 29.3 Å². The maximum Gasteiger partial charge on any atom is 0.227 e. The lowest BCUT2D eigenvalue weighted by atomic mass is 9.94. The standard InChI is InChI=1S/C41H26N2O/c1-2-11-30(12-3-1)43(38-26-29-19-18-27-10-4-5-13-32(27)40(29)35-16-7-6-14-33(35)38)31-22-20-28(21-23-31)37-25-24-36-34-15-8-9-17-39(34)44-41(36)42-37/h1-26H. The summed E-state index contributed by atoms with van der Waals surface area (Å²) in [7, 11) is 0. The van der Waals surface area contributed by atoms with Gasteiger partial charge in [-0.25, -0.2) is 4.98 Å². The van der Waals surface area contributed by atoms with Gasteiger partial charge in [-0.1, -0.05) is 109 Å². The number of pyridine rings is 1. The van der Waals surface area contributed by atoms with Crippen molar-refractivity contribution in [2.24, 2.45) is 0 Å². The van der Waals surface area contributed by atoms with E-state index in [1.54, 1.807) is 0 Å². The first kappa shape index (κ1) is 24.6. The molecule has 7 aromatic carbocycles. The van der Waals surface area contributed by atoms with Gasteiger partial charge in [0.05, 0.1) is 11.4 Å². The Kier molecular flexibility index (Phi) is 5.50. The molecule has 3 heteroatoms. The molecule has 2 heterocycles. The Hall–Kier alpha value is -5.93. The molecule has 0 saturated carbocycles. The second-order valence-electron chi connectivity index (χ2n) is 11.2. The zero-order valence-electron chi connectivity index (χ0n) is 23.8. The summed E-state index contributed by atoms with van der Waals surface area (Å²) >= 11 is 0. The van der Waals surface area contributed by atoms with Crippen LogP contribution < -0.4 is 4.90 Å². The van der Waals surface area contributed by atoms with E-state index in [2.05, 4.69) is 144 Å². The van der Waals surface area contributed by atoms with Crippen molar-refractivity contribution in [3.8, 4) is 11.3 Å². The molecule has 0 atom stereocenters. The Morgan fingerprint density at radius 1 is 0.455 bits per heavy atom. The Morgan fingerprint density at radius 3 is 1.95 bits per heavy atom. The second-order valence-corrected chi connectivity index (χ2v) is 11.2. The predicted octanol–water partition coefficient (Wildman–Crippen LogP) is 11.6. The molecule has 0 bridgehead atoms. The van der Waals surface area contributed by atoms with Crippen LogP contribution in [0.5, 0.6) is 0 Å². The third-order valence-corrected chi connectivity index (χ3v) is 8.65. The fourth-order valence-electron chi connectivity index (χ4n) is 6.60. The third kappa shape index (κ3) is 3.87. The fraction of sp³-hybridized carbons (Fsp3) is 0. The molecule has 206 valence electrons. The predicted molar refractivity (Wildman–Crippen MR) is 184 cm³/mol. The number of nitrogens with zero attached hydrogens (tertiary/aromatic N) is 2. The molecule has 0 amide bonds. The quantitative estimate of drug-likeness (QED) is 0.200. The molecular formula is C41H26N2O. The van der Waals surface area contributed by atoms with Gasteiger partial charge in [-0.2, -0.15) is 0 Å². The normalized spacial score (nSPS) is 11.6. The molecule has 0 aliphatic carbocycles. The van der Waals surface area contributed by atoms with Crippen LogP contribution in [0.1, 0.15) is 0 Å². The highest BCUT2D eigenvalue weighted by Gasteiger charge is 2.18. The molecular weight excluding hydrogens is 536 g/mol. The molecule has 0 saturated heterocycles. The van der Waals surface area contributed by atoms with E-state index in [4.69, 9.17) is 9.40 Å². The number of hydrogen-bond donors (Lipinski definition) is 0. The highest BCUT2D eigenvalue weighted by Crippen LogP contribution is 2.43. The molecule has 0 unspecified atom stereocenters. The number of para-hydroxylation sites is 2. The fourth-order valence-corrected chi connectivity index (χ4v) is 6.60. The van der Waals surface area contributed by atoms with Gasteiger partial charge >= 0.3 is 0 Å². The summed E-state index contributed by atoms with van der Waals surface area (Å²) in [5, 5.41) is 9.62. The van der Waals surface area contributed by atoms with Crippen LogP contribution in [-0.2, 0) is 0 Å². The minimum Gasteiger partial charge on any atom is -0.438 e. The minimum atomic E-state index is 0.661. The number of aromatic nitrogens is 1. The van der Waals surface area contributed by atoms with Crippen molar-refractivity contribution in [3.05, 3.63) is 158 Å². The van der Waals surface area contributed by atoms with E-state index in [0.717, 1.165) is 44.7 Å². The zero-order chi connectivity index (χ0) is 29.0. The summed E-state index contributed by atoms with van der Waals surface area (Å²) in [6.45, 7) is 0. The van der Waals surface area contributed by atoms with E-state index in [1.165, 1.54) is 32.3 Å². The third-order valence-electron chi connectivity index (χ3n) is 8.65. The molecule has 2 aromatic heterocycles. The summed E-state index contributed by atoms with van der Waals surface area (Å²) < 4.78 is 6.08. The first-order valence-corrected chi connectivity index (χ1v) is 14.9. The summed E-state index contributed by atoms with van der Waals surface area (Å²) in [6.07, 6.45) is 0. The average Bonchev–Trinajstić information content (AvgIpc) is 3.47. The molecule has 0 spiro atoms. The van der Waals surface area contributed by atoms with E-state index < -0.39 is 0 Å². The number of benzene rings is 7. The number of anilines is 3. The van der Waals surface area contributed by atoms with E-state index in [9.17, 15) is 0 Å². The lowest BCUT2D eigenvalue weighted by Crippen LogP contribution is -2.10. The van der Waals surface area contributed by atoms with Gasteiger partial charge in [-0.05, 0) is 75.5 Å². The highest BCUT2D eigenvalue weighted by molar-refractivity contribution is 6.23. The number of hydrogen-bond acceptors (Lipinski definition) is 3. The average molecular weight is 563 g/mol. The van der Waals surface area contributed by atoms with E-state index in [1.807, 2.05) is 18.2 Å². The van der Waals surface area contributed by atoms with Crippen LogP contribution in [0.2, 0.25) is 0 Å². The van der Waals surface area contributed by atoms with Crippen LogP contribution in [0, 0.1) is 0 Å². The SMILES string of the molecule is c1ccc(N(c2ccc(-c3ccc4c(n3)oc3ccccc34)cc2)c2cc3ccc4ccccc4c3c3ccccc23)cc1. The monoisotopic (exact) mass is 562 g/mol. The minimum absolute atomic E-state index is 0.661. The molecule has 0 aliphatic rings. The lowest BCUT2D eigenvalue weighted by molar-refractivity contribution is 0.654. The molecule has 0 N–H and O–H groups in total. The van der Waals surface area contributed by atoms with Gasteiger partial charge in [-0.15, -0.1) is 0 Å². The molecule has 9 rings (SSSR count). The first-order valence-electron chi connectivity index (χ1n) is 14.9. The maximum atomic E-state index is 6.08. The number of fused-ring (bicyclic) bond motifs is 8. The second kappa shape index (κ2) is 9.82. The molecule has 0 aliphatic heterocycles. The van der Waals surface area contributed by atoms with Crippen molar-refractivity contribution in [3.63, 3.8) is 0 Å². The Labute approximate surface area is 254 Å². The van der Waals surface area contributed by atoms with E-state index >= 15 is 0 Å². The van der Waals surface area contributed by atoms with E-state index in [0.29, 0.717) is 5.71 Å². The number of rotatable bonds is 4. The summed E-state index contributed by atoms with van der Waals surface area (Å²) in [5.74, 6) is 0. The van der Waals surface area contributed by atoms with Crippen LogP contribution in [0.3, 0.4) is 0 Å². The van der Waals surface area contributed by atoms with Gasteiger partial charge in [0.25, 0.3) is 0 Å². The van der Waals surface area contributed by atoms with Crippen molar-refractivity contribution in [2.75, 3.05) is 4.90 Å². The van der Waals surface area contributed by atoms with Crippen LogP contribution in [0.15, 0.2) is 162 Å². The first-order chi connectivity index (χ1) is 21.8. The lowest BCUT2D eigenvalue weighted by Gasteiger charge is -2.28. The molecule has 0 fully saturated rings. The van der Waals surface area contributed by atoms with Crippen molar-refractivity contribution in [1.29, 1.82) is 0 Å². The Bertz CT molecular complexity index is 2490. The van der Waals surface area contributed by atoms with Gasteiger partial charge in [0.15, 0.2) is 0 Å². The molecule has 0 radical (unpaired) electrons. The van der Waals surface area contributed by atoms with Gasteiger partial charge in [-0.3, -0.25) is 0 Å². The van der Waals surface area contributed by atoms with Crippen molar-refractivity contribution in [2.45, 2.75) is 0 Å². The maximum absolute atomic E-state index is 6.08. The summed E-state index contributed by atoms with van der Waals surface area (Å²) in [5.41, 5.74) is 6.77. The molecule has 44 heavy (non-hydrogen) atoms. The largest absolute Gasteiger partial charge is 0.438 e. The van der Waals surface area contributed by atoms with Crippen molar-refractivity contribution >= 4 is 71.4 Å². The van der Waals surface area contributed by atoms with E-state index in [-0.39, 0.29) is 0 Å². The van der Waals surface area contributed by atoms with Gasteiger partial charge < -0.3 is 9.32 Å². The Balaban J connectivity index is 1.21. The summed E-state index contributed by atoms with van der Waals surface area (Å²) in [6, 6.07) is 55.8. The molecule has 3 nitrogen and oxygen atoms in total. The van der Waals surface area contributed by atoms with Crippen molar-refractivity contribution in [1.82, 2.24) is 4.98 Å². The summed E-state index contributed by atoms with van der Waals surface area (Å²) in [4.78, 5) is 7.25. The Morgan fingerprint density at radius 2 is 1.11 bits per heavy atom. The van der Waals surface area contributed by atoms with Crippen LogP contribution in [0.25, 0.3) is 65.6 Å². The van der Waals surface area contributed by atoms with Gasteiger partial charge in [0.2, 0.25) is 5.71 Å². The van der Waals surface area contributed by atoms with Crippen molar-refractivity contribution < 1.29 is 4.42 Å². The van der Waals surface area contributed by atoms with Crippen LogP contribution in [-0.4, -0.2) is 4.98 Å². The zero-order valence-corrected chi connectivity index (χ0v) is 23.8. The van der Waals surface area contributed by atoms with Crippen LogP contribution >= 0.6 is 0 Å². The van der Waals surface area contributed by atoms with Gasteiger partial charge in [0, 0.05) is 33.1 Å².